The number of benzene rings is 1. The molecule has 0 aliphatic carbocycles. The smallest absolute Gasteiger partial charge is 0.248 e. The zero-order valence-electron chi connectivity index (χ0n) is 6.45. The first kappa shape index (κ1) is 8.93. The van der Waals surface area contributed by atoms with Crippen molar-refractivity contribution < 1.29 is 4.79 Å². The predicted octanol–water partition coefficient (Wildman–Crippen LogP) is 1.06. The normalized spacial score (nSPS) is 9.08. The van der Waals surface area contributed by atoms with Crippen molar-refractivity contribution in [3.8, 4) is 0 Å². The van der Waals surface area contributed by atoms with Crippen LogP contribution in [-0.4, -0.2) is 11.7 Å². The van der Waals surface area contributed by atoms with Gasteiger partial charge in [-0.3, -0.25) is 15.6 Å². The fraction of sp³-hybridized carbons (Fsp3) is 0.125. The van der Waals surface area contributed by atoms with Gasteiger partial charge in [-0.05, 0) is 12.1 Å². The number of thiol groups is 1. The second-order valence-electron chi connectivity index (χ2n) is 2.20. The maximum Gasteiger partial charge on any atom is 0.248 e. The van der Waals surface area contributed by atoms with E-state index < -0.39 is 0 Å². The molecule has 3 nitrogen and oxygen atoms in total. The van der Waals surface area contributed by atoms with E-state index in [4.69, 9.17) is 0 Å². The summed E-state index contributed by atoms with van der Waals surface area (Å²) < 4.78 is 0. The third-order valence-corrected chi connectivity index (χ3v) is 1.55. The van der Waals surface area contributed by atoms with Crippen LogP contribution in [0.15, 0.2) is 30.3 Å². The van der Waals surface area contributed by atoms with Gasteiger partial charge in [0.1, 0.15) is 0 Å². The van der Waals surface area contributed by atoms with Gasteiger partial charge < -0.3 is 0 Å². The minimum absolute atomic E-state index is 0.151. The second kappa shape index (κ2) is 4.66. The van der Waals surface area contributed by atoms with E-state index in [1.165, 1.54) is 0 Å². The summed E-state index contributed by atoms with van der Waals surface area (Å²) in [6, 6.07) is 9.40. The minimum atomic E-state index is -0.151. The largest absolute Gasteiger partial charge is 0.299 e. The lowest BCUT2D eigenvalue weighted by molar-refractivity contribution is -0.118. The molecule has 12 heavy (non-hydrogen) atoms. The molecule has 1 rings (SSSR count). The lowest BCUT2D eigenvalue weighted by atomic mass is 10.3. The Morgan fingerprint density at radius 2 is 2.00 bits per heavy atom. The lowest BCUT2D eigenvalue weighted by Gasteiger charge is -2.05. The first-order valence-electron chi connectivity index (χ1n) is 3.53. The molecule has 0 spiro atoms. The Balaban J connectivity index is 2.38. The summed E-state index contributed by atoms with van der Waals surface area (Å²) in [7, 11) is 0. The molecule has 0 fully saturated rings. The number of amides is 1. The topological polar surface area (TPSA) is 41.1 Å². The molecule has 0 saturated carbocycles. The summed E-state index contributed by atoms with van der Waals surface area (Å²) in [5, 5.41) is 0. The van der Waals surface area contributed by atoms with Crippen molar-refractivity contribution in [3.63, 3.8) is 0 Å². The molecule has 0 saturated heterocycles. The number of para-hydroxylation sites is 1. The predicted molar refractivity (Wildman–Crippen MR) is 52.1 cm³/mol. The standard InChI is InChI=1S/C8H10N2OS/c11-8(6-12)10-9-7-4-2-1-3-5-7/h1-5,9,12H,6H2,(H,10,11). The Bertz CT molecular complexity index is 250. The van der Waals surface area contributed by atoms with E-state index in [2.05, 4.69) is 23.5 Å². The highest BCUT2D eigenvalue weighted by Crippen LogP contribution is 2.02. The van der Waals surface area contributed by atoms with Gasteiger partial charge in [-0.2, -0.15) is 12.6 Å². The highest BCUT2D eigenvalue weighted by atomic mass is 32.1. The van der Waals surface area contributed by atoms with Crippen LogP contribution in [0.2, 0.25) is 0 Å². The van der Waals surface area contributed by atoms with E-state index in [0.717, 1.165) is 5.69 Å². The Hall–Kier alpha value is -1.16. The van der Waals surface area contributed by atoms with Gasteiger partial charge in [-0.1, -0.05) is 18.2 Å². The van der Waals surface area contributed by atoms with Crippen LogP contribution in [0.1, 0.15) is 0 Å². The van der Waals surface area contributed by atoms with Crippen molar-refractivity contribution >= 4 is 24.2 Å². The van der Waals surface area contributed by atoms with E-state index in [1.54, 1.807) is 0 Å². The molecular formula is C8H10N2OS. The van der Waals surface area contributed by atoms with Crippen LogP contribution < -0.4 is 10.9 Å². The summed E-state index contributed by atoms with van der Waals surface area (Å²) >= 11 is 3.81. The summed E-state index contributed by atoms with van der Waals surface area (Å²) in [5.41, 5.74) is 6.08. The molecule has 4 heteroatoms. The Morgan fingerprint density at radius 1 is 1.33 bits per heavy atom. The highest BCUT2D eigenvalue weighted by Gasteiger charge is 1.94. The Labute approximate surface area is 76.5 Å². The Kier molecular flexibility index (Phi) is 3.47. The molecule has 1 amide bonds. The SMILES string of the molecule is O=C(CS)NNc1ccccc1. The molecule has 1 aromatic rings. The minimum Gasteiger partial charge on any atom is -0.299 e. The van der Waals surface area contributed by atoms with E-state index >= 15 is 0 Å². The van der Waals surface area contributed by atoms with E-state index in [9.17, 15) is 4.79 Å². The zero-order chi connectivity index (χ0) is 8.81. The highest BCUT2D eigenvalue weighted by molar-refractivity contribution is 7.81. The quantitative estimate of drug-likeness (QED) is 0.483. The third-order valence-electron chi connectivity index (χ3n) is 1.26. The number of nitrogens with one attached hydrogen (secondary N) is 2. The van der Waals surface area contributed by atoms with Gasteiger partial charge in [0.25, 0.3) is 0 Å². The number of hydrogen-bond acceptors (Lipinski definition) is 3. The van der Waals surface area contributed by atoms with Crippen molar-refractivity contribution in [3.05, 3.63) is 30.3 Å². The number of carbonyl (C=O) groups excluding carboxylic acids is 1. The van der Waals surface area contributed by atoms with Crippen LogP contribution in [-0.2, 0) is 4.79 Å². The van der Waals surface area contributed by atoms with Crippen LogP contribution in [0.4, 0.5) is 5.69 Å². The molecule has 2 N–H and O–H groups in total. The molecule has 0 aromatic heterocycles. The molecule has 0 unspecified atom stereocenters. The van der Waals surface area contributed by atoms with E-state index in [-0.39, 0.29) is 11.7 Å². The maximum atomic E-state index is 10.7. The molecule has 0 aliphatic heterocycles. The van der Waals surface area contributed by atoms with Crippen LogP contribution in [0.5, 0.6) is 0 Å². The number of anilines is 1. The van der Waals surface area contributed by atoms with Crippen molar-refractivity contribution in [1.29, 1.82) is 0 Å². The van der Waals surface area contributed by atoms with Gasteiger partial charge in [-0.25, -0.2) is 0 Å². The molecule has 64 valence electrons. The average Bonchev–Trinajstić information content (AvgIpc) is 2.16. The van der Waals surface area contributed by atoms with Crippen LogP contribution >= 0.6 is 12.6 Å². The van der Waals surface area contributed by atoms with Crippen molar-refractivity contribution in [1.82, 2.24) is 5.43 Å². The molecule has 0 radical (unpaired) electrons. The molecular weight excluding hydrogens is 172 g/mol. The van der Waals surface area contributed by atoms with E-state index in [0.29, 0.717) is 0 Å². The summed E-state index contributed by atoms with van der Waals surface area (Å²) in [6.45, 7) is 0. The van der Waals surface area contributed by atoms with E-state index in [1.807, 2.05) is 30.3 Å². The molecule has 0 bridgehead atoms. The summed E-state index contributed by atoms with van der Waals surface area (Å²) in [5.74, 6) is 0.0296. The first-order chi connectivity index (χ1) is 5.83. The van der Waals surface area contributed by atoms with Crippen molar-refractivity contribution in [2.45, 2.75) is 0 Å². The summed E-state index contributed by atoms with van der Waals surface area (Å²) in [4.78, 5) is 10.7. The average molecular weight is 182 g/mol. The van der Waals surface area contributed by atoms with Gasteiger partial charge in [0.15, 0.2) is 0 Å². The molecule has 0 heterocycles. The molecule has 1 aromatic carbocycles. The summed E-state index contributed by atoms with van der Waals surface area (Å²) in [6.07, 6.45) is 0. The van der Waals surface area contributed by atoms with Gasteiger partial charge in [0.2, 0.25) is 5.91 Å². The second-order valence-corrected chi connectivity index (χ2v) is 2.51. The number of hydrazine groups is 1. The van der Waals surface area contributed by atoms with Gasteiger partial charge in [-0.15, -0.1) is 0 Å². The first-order valence-corrected chi connectivity index (χ1v) is 4.17. The van der Waals surface area contributed by atoms with Gasteiger partial charge in [0.05, 0.1) is 11.4 Å². The third kappa shape index (κ3) is 2.84. The molecule has 0 atom stereocenters. The lowest BCUT2D eigenvalue weighted by Crippen LogP contribution is -2.30. The zero-order valence-corrected chi connectivity index (χ0v) is 7.34. The maximum absolute atomic E-state index is 10.7. The van der Waals surface area contributed by atoms with Crippen LogP contribution in [0, 0.1) is 0 Å². The van der Waals surface area contributed by atoms with Crippen molar-refractivity contribution in [2.24, 2.45) is 0 Å². The fourth-order valence-electron chi connectivity index (χ4n) is 0.703. The van der Waals surface area contributed by atoms with Gasteiger partial charge in [0, 0.05) is 0 Å². The van der Waals surface area contributed by atoms with Crippen LogP contribution in [0.3, 0.4) is 0 Å². The molecule has 0 aliphatic rings. The van der Waals surface area contributed by atoms with Gasteiger partial charge >= 0.3 is 0 Å². The Morgan fingerprint density at radius 3 is 2.58 bits per heavy atom. The number of rotatable bonds is 3. The van der Waals surface area contributed by atoms with Crippen LogP contribution in [0.25, 0.3) is 0 Å². The monoisotopic (exact) mass is 182 g/mol. The fourth-order valence-corrected chi connectivity index (χ4v) is 0.782. The van der Waals surface area contributed by atoms with Crippen molar-refractivity contribution in [2.75, 3.05) is 11.2 Å². The number of hydrogen-bond donors (Lipinski definition) is 3. The number of carbonyl (C=O) groups is 1.